The van der Waals surface area contributed by atoms with Gasteiger partial charge in [0, 0.05) is 23.3 Å². The molecule has 0 aliphatic heterocycles. The number of carbonyl (C=O) groups is 1. The number of hydrogen-bond donors (Lipinski definition) is 1. The van der Waals surface area contributed by atoms with Gasteiger partial charge in [-0.15, -0.1) is 0 Å². The highest BCUT2D eigenvalue weighted by atomic mass is 19.1. The van der Waals surface area contributed by atoms with Crippen molar-refractivity contribution in [2.24, 2.45) is 0 Å². The van der Waals surface area contributed by atoms with Gasteiger partial charge in [0.1, 0.15) is 11.5 Å². The fourth-order valence-corrected chi connectivity index (χ4v) is 2.07. The lowest BCUT2D eigenvalue weighted by atomic mass is 10.0. The summed E-state index contributed by atoms with van der Waals surface area (Å²) in [5.41, 5.74) is 2.22. The van der Waals surface area contributed by atoms with Gasteiger partial charge in [0.15, 0.2) is 0 Å². The largest absolute Gasteiger partial charge is 0.465 e. The molecule has 100 valence electrons. The summed E-state index contributed by atoms with van der Waals surface area (Å²) in [4.78, 5) is 18.8. The standard InChI is InChI=1S/C15H11FN2O2/c1-20-15(19)12-7-9(2-3-13(12)16)11-6-10-4-5-17-14(10)18-8-11/h2-8H,1H3,(H,17,18). The number of carbonyl (C=O) groups excluding carboxylic acids is 1. The highest BCUT2D eigenvalue weighted by Gasteiger charge is 2.13. The molecule has 0 spiro atoms. The molecule has 2 heterocycles. The van der Waals surface area contributed by atoms with Crippen molar-refractivity contribution in [2.75, 3.05) is 7.11 Å². The van der Waals surface area contributed by atoms with Gasteiger partial charge >= 0.3 is 5.97 Å². The average molecular weight is 270 g/mol. The molecule has 0 aliphatic carbocycles. The van der Waals surface area contributed by atoms with E-state index >= 15 is 0 Å². The van der Waals surface area contributed by atoms with E-state index in [0.29, 0.717) is 5.56 Å². The van der Waals surface area contributed by atoms with E-state index < -0.39 is 11.8 Å². The van der Waals surface area contributed by atoms with Crippen molar-refractivity contribution >= 4 is 17.0 Å². The van der Waals surface area contributed by atoms with Crippen molar-refractivity contribution in [3.05, 3.63) is 54.1 Å². The number of H-pyrrole nitrogens is 1. The van der Waals surface area contributed by atoms with Gasteiger partial charge in [0.25, 0.3) is 0 Å². The number of nitrogens with zero attached hydrogens (tertiary/aromatic N) is 1. The second kappa shape index (κ2) is 4.77. The van der Waals surface area contributed by atoms with Crippen LogP contribution in [0.5, 0.6) is 0 Å². The van der Waals surface area contributed by atoms with Crippen LogP contribution in [-0.2, 0) is 4.74 Å². The van der Waals surface area contributed by atoms with Crippen LogP contribution in [0.4, 0.5) is 4.39 Å². The molecule has 1 N–H and O–H groups in total. The first-order valence-electron chi connectivity index (χ1n) is 6.00. The maximum atomic E-state index is 13.6. The van der Waals surface area contributed by atoms with E-state index in [-0.39, 0.29) is 5.56 Å². The third-order valence-electron chi connectivity index (χ3n) is 3.11. The van der Waals surface area contributed by atoms with Crippen LogP contribution in [-0.4, -0.2) is 23.0 Å². The minimum absolute atomic E-state index is 0.0841. The molecule has 0 unspecified atom stereocenters. The second-order valence-electron chi connectivity index (χ2n) is 4.33. The van der Waals surface area contributed by atoms with Gasteiger partial charge in [0.2, 0.25) is 0 Å². The Morgan fingerprint density at radius 1 is 1.25 bits per heavy atom. The molecule has 0 bridgehead atoms. The molecule has 3 aromatic rings. The Kier molecular flexibility index (Phi) is 2.95. The Morgan fingerprint density at radius 2 is 2.10 bits per heavy atom. The van der Waals surface area contributed by atoms with Crippen LogP contribution in [0.3, 0.4) is 0 Å². The minimum Gasteiger partial charge on any atom is -0.465 e. The number of rotatable bonds is 2. The molecule has 1 aromatic carbocycles. The molecule has 3 rings (SSSR count). The molecule has 0 amide bonds. The summed E-state index contributed by atoms with van der Waals surface area (Å²) in [5, 5.41) is 0.950. The van der Waals surface area contributed by atoms with Crippen LogP contribution < -0.4 is 0 Å². The van der Waals surface area contributed by atoms with E-state index in [1.165, 1.54) is 19.2 Å². The molecule has 0 atom stereocenters. The number of esters is 1. The van der Waals surface area contributed by atoms with Crippen molar-refractivity contribution in [2.45, 2.75) is 0 Å². The Morgan fingerprint density at radius 3 is 2.90 bits per heavy atom. The summed E-state index contributed by atoms with van der Waals surface area (Å²) in [6.45, 7) is 0. The van der Waals surface area contributed by atoms with Crippen LogP contribution in [0.1, 0.15) is 10.4 Å². The first-order valence-corrected chi connectivity index (χ1v) is 6.00. The number of fused-ring (bicyclic) bond motifs is 1. The fraction of sp³-hybridized carbons (Fsp3) is 0.0667. The maximum absolute atomic E-state index is 13.6. The monoisotopic (exact) mass is 270 g/mol. The quantitative estimate of drug-likeness (QED) is 0.728. The number of aromatic amines is 1. The SMILES string of the molecule is COC(=O)c1cc(-c2cnc3[nH]ccc3c2)ccc1F. The summed E-state index contributed by atoms with van der Waals surface area (Å²) < 4.78 is 18.2. The third-order valence-corrected chi connectivity index (χ3v) is 3.11. The Balaban J connectivity index is 2.11. The normalized spacial score (nSPS) is 10.7. The molecule has 5 heteroatoms. The van der Waals surface area contributed by atoms with E-state index in [1.54, 1.807) is 18.5 Å². The van der Waals surface area contributed by atoms with Crippen molar-refractivity contribution in [3.8, 4) is 11.1 Å². The summed E-state index contributed by atoms with van der Waals surface area (Å²) in [6.07, 6.45) is 3.47. The van der Waals surface area contributed by atoms with Crippen molar-refractivity contribution in [1.29, 1.82) is 0 Å². The van der Waals surface area contributed by atoms with E-state index in [2.05, 4.69) is 14.7 Å². The predicted octanol–water partition coefficient (Wildman–Crippen LogP) is 3.16. The zero-order chi connectivity index (χ0) is 14.1. The molecule has 0 fully saturated rings. The van der Waals surface area contributed by atoms with Gasteiger partial charge in [0.05, 0.1) is 12.7 Å². The molecule has 0 aliphatic rings. The molecule has 4 nitrogen and oxygen atoms in total. The van der Waals surface area contributed by atoms with Gasteiger partial charge in [-0.05, 0) is 29.8 Å². The lowest BCUT2D eigenvalue weighted by Crippen LogP contribution is -2.04. The first-order chi connectivity index (χ1) is 9.69. The minimum atomic E-state index is -0.694. The van der Waals surface area contributed by atoms with Crippen molar-refractivity contribution < 1.29 is 13.9 Å². The lowest BCUT2D eigenvalue weighted by Gasteiger charge is -2.05. The number of hydrogen-bond acceptors (Lipinski definition) is 3. The van der Waals surface area contributed by atoms with Crippen LogP contribution in [0.25, 0.3) is 22.2 Å². The number of pyridine rings is 1. The predicted molar refractivity (Wildman–Crippen MR) is 72.8 cm³/mol. The summed E-state index contributed by atoms with van der Waals surface area (Å²) >= 11 is 0. The van der Waals surface area contributed by atoms with Crippen molar-refractivity contribution in [3.63, 3.8) is 0 Å². The second-order valence-corrected chi connectivity index (χ2v) is 4.33. The van der Waals surface area contributed by atoms with Crippen LogP contribution in [0.15, 0.2) is 42.7 Å². The highest BCUT2D eigenvalue weighted by molar-refractivity contribution is 5.91. The summed E-state index contributed by atoms with van der Waals surface area (Å²) in [7, 11) is 1.22. The first kappa shape index (κ1) is 12.3. The summed E-state index contributed by atoms with van der Waals surface area (Å²) in [6, 6.07) is 8.15. The lowest BCUT2D eigenvalue weighted by molar-refractivity contribution is 0.0595. The third kappa shape index (κ3) is 2.03. The summed E-state index contributed by atoms with van der Waals surface area (Å²) in [5.74, 6) is -1.30. The van der Waals surface area contributed by atoms with E-state index in [4.69, 9.17) is 0 Å². The molecule has 0 saturated carbocycles. The number of methoxy groups -OCH3 is 1. The topological polar surface area (TPSA) is 55.0 Å². The van der Waals surface area contributed by atoms with E-state index in [1.807, 2.05) is 12.1 Å². The number of nitrogens with one attached hydrogen (secondary N) is 1. The van der Waals surface area contributed by atoms with Gasteiger partial charge in [-0.25, -0.2) is 14.2 Å². The highest BCUT2D eigenvalue weighted by Crippen LogP contribution is 2.24. The number of benzene rings is 1. The van der Waals surface area contributed by atoms with E-state index in [9.17, 15) is 9.18 Å². The molecule has 0 radical (unpaired) electrons. The molecule has 20 heavy (non-hydrogen) atoms. The zero-order valence-electron chi connectivity index (χ0n) is 10.7. The number of ether oxygens (including phenoxy) is 1. The number of aromatic nitrogens is 2. The Bertz CT molecular complexity index is 795. The molecule has 2 aromatic heterocycles. The van der Waals surface area contributed by atoms with Gasteiger partial charge in [-0.2, -0.15) is 0 Å². The van der Waals surface area contributed by atoms with Gasteiger partial charge in [-0.1, -0.05) is 6.07 Å². The maximum Gasteiger partial charge on any atom is 0.340 e. The zero-order valence-corrected chi connectivity index (χ0v) is 10.7. The van der Waals surface area contributed by atoms with Crippen molar-refractivity contribution in [1.82, 2.24) is 9.97 Å². The Labute approximate surface area is 114 Å². The van der Waals surface area contributed by atoms with E-state index in [0.717, 1.165) is 16.6 Å². The van der Waals surface area contributed by atoms with Crippen LogP contribution >= 0.6 is 0 Å². The molecular weight excluding hydrogens is 259 g/mol. The molecular formula is C15H11FN2O2. The molecule has 0 saturated heterocycles. The fourth-order valence-electron chi connectivity index (χ4n) is 2.07. The average Bonchev–Trinajstić information content (AvgIpc) is 2.94. The Hall–Kier alpha value is -2.69. The smallest absolute Gasteiger partial charge is 0.340 e. The van der Waals surface area contributed by atoms with Crippen LogP contribution in [0.2, 0.25) is 0 Å². The van der Waals surface area contributed by atoms with Gasteiger partial charge in [-0.3, -0.25) is 0 Å². The van der Waals surface area contributed by atoms with Crippen LogP contribution in [0, 0.1) is 5.82 Å². The van der Waals surface area contributed by atoms with Gasteiger partial charge < -0.3 is 9.72 Å². The number of halogens is 1.